The van der Waals surface area contributed by atoms with Gasteiger partial charge in [-0.3, -0.25) is 0 Å². The van der Waals surface area contributed by atoms with E-state index in [1.165, 1.54) is 30.4 Å². The number of hydroxylamine groups is 2. The van der Waals surface area contributed by atoms with E-state index in [1.807, 2.05) is 6.07 Å². The van der Waals surface area contributed by atoms with Gasteiger partial charge in [-0.15, -0.1) is 0 Å². The first-order chi connectivity index (χ1) is 6.67. The highest BCUT2D eigenvalue weighted by molar-refractivity contribution is 5.33. The van der Waals surface area contributed by atoms with Crippen molar-refractivity contribution in [3.8, 4) is 6.07 Å². The Kier molecular flexibility index (Phi) is 3.57. The zero-order chi connectivity index (χ0) is 10.6. The Hall–Kier alpha value is -1.44. The van der Waals surface area contributed by atoms with Gasteiger partial charge in [0.25, 0.3) is 0 Å². The molecule has 0 saturated heterocycles. The van der Waals surface area contributed by atoms with E-state index in [0.717, 1.165) is 0 Å². The minimum absolute atomic E-state index is 0.317. The highest BCUT2D eigenvalue weighted by Gasteiger charge is 2.06. The molecule has 1 rings (SSSR count). The van der Waals surface area contributed by atoms with Gasteiger partial charge in [0.15, 0.2) is 0 Å². The summed E-state index contributed by atoms with van der Waals surface area (Å²) in [6.07, 6.45) is 0. The van der Waals surface area contributed by atoms with Crippen LogP contribution >= 0.6 is 0 Å². The zero-order valence-corrected chi connectivity index (χ0v) is 8.12. The predicted octanol–water partition coefficient (Wildman–Crippen LogP) is 1.69. The third-order valence-corrected chi connectivity index (χ3v) is 1.88. The second-order valence-corrected chi connectivity index (χ2v) is 2.89. The van der Waals surface area contributed by atoms with Crippen LogP contribution in [0.15, 0.2) is 18.2 Å². The third-order valence-electron chi connectivity index (χ3n) is 1.88. The maximum atomic E-state index is 13.2. The number of halogens is 1. The smallest absolute Gasteiger partial charge is 0.127 e. The van der Waals surface area contributed by atoms with Crippen LogP contribution in [0.1, 0.15) is 11.1 Å². The molecule has 3 nitrogen and oxygen atoms in total. The molecule has 0 unspecified atom stereocenters. The molecule has 1 aromatic carbocycles. The van der Waals surface area contributed by atoms with Gasteiger partial charge in [-0.2, -0.15) is 10.3 Å². The first-order valence-corrected chi connectivity index (χ1v) is 4.11. The minimum atomic E-state index is -0.326. The van der Waals surface area contributed by atoms with Crippen LogP contribution in [0.3, 0.4) is 0 Å². The van der Waals surface area contributed by atoms with Crippen molar-refractivity contribution in [3.05, 3.63) is 35.1 Å². The monoisotopic (exact) mass is 194 g/mol. The lowest BCUT2D eigenvalue weighted by molar-refractivity contribution is -0.117. The van der Waals surface area contributed by atoms with Gasteiger partial charge in [-0.05, 0) is 18.2 Å². The standard InChI is InChI=1S/C10H11FN2O/c1-13(14-2)7-9-5-8(6-12)3-4-10(9)11/h3-5H,7H2,1-2H3. The Morgan fingerprint density at radius 1 is 1.57 bits per heavy atom. The summed E-state index contributed by atoms with van der Waals surface area (Å²) in [5.41, 5.74) is 0.902. The molecule has 0 N–H and O–H groups in total. The Bertz CT molecular complexity index is 360. The molecule has 14 heavy (non-hydrogen) atoms. The molecule has 0 heterocycles. The lowest BCUT2D eigenvalue weighted by Gasteiger charge is -2.13. The number of rotatable bonds is 3. The van der Waals surface area contributed by atoms with E-state index in [-0.39, 0.29) is 5.82 Å². The molecule has 0 atom stereocenters. The van der Waals surface area contributed by atoms with Crippen molar-refractivity contribution in [1.82, 2.24) is 5.06 Å². The molecule has 0 aliphatic carbocycles. The number of nitrogens with zero attached hydrogens (tertiary/aromatic N) is 2. The Balaban J connectivity index is 2.90. The normalized spacial score (nSPS) is 10.2. The summed E-state index contributed by atoms with van der Waals surface area (Å²) in [7, 11) is 3.20. The predicted molar refractivity (Wildman–Crippen MR) is 49.6 cm³/mol. The van der Waals surface area contributed by atoms with Crippen molar-refractivity contribution < 1.29 is 9.23 Å². The summed E-state index contributed by atoms with van der Waals surface area (Å²) in [5, 5.41) is 10.1. The molecular formula is C10H11FN2O. The van der Waals surface area contributed by atoms with E-state index in [9.17, 15) is 4.39 Å². The molecule has 1 aromatic rings. The van der Waals surface area contributed by atoms with Gasteiger partial charge in [0.2, 0.25) is 0 Å². The number of benzene rings is 1. The minimum Gasteiger partial charge on any atom is -0.302 e. The summed E-state index contributed by atoms with van der Waals surface area (Å²) < 4.78 is 13.2. The van der Waals surface area contributed by atoms with E-state index in [1.54, 1.807) is 7.05 Å². The molecule has 0 amide bonds. The first kappa shape index (κ1) is 10.6. The van der Waals surface area contributed by atoms with Crippen LogP contribution in [-0.2, 0) is 11.4 Å². The van der Waals surface area contributed by atoms with Gasteiger partial charge >= 0.3 is 0 Å². The fraction of sp³-hybridized carbons (Fsp3) is 0.300. The molecule has 0 aromatic heterocycles. The molecule has 0 bridgehead atoms. The maximum absolute atomic E-state index is 13.2. The Morgan fingerprint density at radius 3 is 2.86 bits per heavy atom. The summed E-state index contributed by atoms with van der Waals surface area (Å²) in [6, 6.07) is 6.22. The van der Waals surface area contributed by atoms with Crippen LogP contribution in [0.25, 0.3) is 0 Å². The summed E-state index contributed by atoms with van der Waals surface area (Å²) >= 11 is 0. The Labute approximate surface area is 82.3 Å². The third kappa shape index (κ3) is 2.52. The van der Waals surface area contributed by atoms with Crippen molar-refractivity contribution in [3.63, 3.8) is 0 Å². The molecule has 0 saturated carbocycles. The fourth-order valence-corrected chi connectivity index (χ4v) is 1.07. The Morgan fingerprint density at radius 2 is 2.29 bits per heavy atom. The van der Waals surface area contributed by atoms with E-state index in [0.29, 0.717) is 17.7 Å². The molecule has 0 aliphatic rings. The quantitative estimate of drug-likeness (QED) is 0.687. The van der Waals surface area contributed by atoms with Crippen LogP contribution in [0.4, 0.5) is 4.39 Å². The maximum Gasteiger partial charge on any atom is 0.127 e. The average Bonchev–Trinajstić information content (AvgIpc) is 2.21. The van der Waals surface area contributed by atoms with Gasteiger partial charge in [-0.1, -0.05) is 0 Å². The lowest BCUT2D eigenvalue weighted by atomic mass is 10.1. The number of nitriles is 1. The second kappa shape index (κ2) is 4.70. The van der Waals surface area contributed by atoms with Crippen molar-refractivity contribution in [2.45, 2.75) is 6.54 Å². The summed E-state index contributed by atoms with van der Waals surface area (Å²) in [6.45, 7) is 0.317. The van der Waals surface area contributed by atoms with Gasteiger partial charge in [0.1, 0.15) is 5.82 Å². The van der Waals surface area contributed by atoms with Crippen LogP contribution < -0.4 is 0 Å². The molecular weight excluding hydrogens is 183 g/mol. The SMILES string of the molecule is CON(C)Cc1cc(C#N)ccc1F. The largest absolute Gasteiger partial charge is 0.302 e. The highest BCUT2D eigenvalue weighted by Crippen LogP contribution is 2.11. The summed E-state index contributed by atoms with van der Waals surface area (Å²) in [4.78, 5) is 4.87. The number of hydrogen-bond acceptors (Lipinski definition) is 3. The van der Waals surface area contributed by atoms with Crippen LogP contribution in [0.5, 0.6) is 0 Å². The number of hydrogen-bond donors (Lipinski definition) is 0. The van der Waals surface area contributed by atoms with Crippen LogP contribution in [0, 0.1) is 17.1 Å². The first-order valence-electron chi connectivity index (χ1n) is 4.11. The van der Waals surface area contributed by atoms with E-state index >= 15 is 0 Å². The van der Waals surface area contributed by atoms with E-state index in [2.05, 4.69) is 0 Å². The zero-order valence-electron chi connectivity index (χ0n) is 8.12. The fourth-order valence-electron chi connectivity index (χ4n) is 1.07. The van der Waals surface area contributed by atoms with Gasteiger partial charge in [0.05, 0.1) is 25.3 Å². The second-order valence-electron chi connectivity index (χ2n) is 2.89. The van der Waals surface area contributed by atoms with Gasteiger partial charge in [-0.25, -0.2) is 4.39 Å². The lowest BCUT2D eigenvalue weighted by Crippen LogP contribution is -2.16. The topological polar surface area (TPSA) is 36.3 Å². The average molecular weight is 194 g/mol. The molecule has 0 spiro atoms. The van der Waals surface area contributed by atoms with Gasteiger partial charge in [0, 0.05) is 12.6 Å². The van der Waals surface area contributed by atoms with Gasteiger partial charge < -0.3 is 4.84 Å². The van der Waals surface area contributed by atoms with Crippen molar-refractivity contribution in [2.75, 3.05) is 14.2 Å². The van der Waals surface area contributed by atoms with Crippen molar-refractivity contribution in [1.29, 1.82) is 5.26 Å². The van der Waals surface area contributed by atoms with Crippen LogP contribution in [-0.4, -0.2) is 19.2 Å². The molecule has 0 aliphatic heterocycles. The van der Waals surface area contributed by atoms with Crippen molar-refractivity contribution >= 4 is 0 Å². The van der Waals surface area contributed by atoms with Crippen molar-refractivity contribution in [2.24, 2.45) is 0 Å². The highest BCUT2D eigenvalue weighted by atomic mass is 19.1. The molecule has 0 fully saturated rings. The molecule has 0 radical (unpaired) electrons. The molecule has 4 heteroatoms. The van der Waals surface area contributed by atoms with E-state index < -0.39 is 0 Å². The molecule has 74 valence electrons. The van der Waals surface area contributed by atoms with Crippen LogP contribution in [0.2, 0.25) is 0 Å². The summed E-state index contributed by atoms with van der Waals surface area (Å²) in [5.74, 6) is -0.326. The van der Waals surface area contributed by atoms with E-state index in [4.69, 9.17) is 10.1 Å².